The molecule has 4 rings (SSSR count). The number of aromatic nitrogens is 3. The van der Waals surface area contributed by atoms with E-state index in [-0.39, 0.29) is 12.3 Å². The van der Waals surface area contributed by atoms with E-state index in [9.17, 15) is 13.6 Å². The Kier molecular flexibility index (Phi) is 3.96. The molecule has 2 aromatic carbocycles. The summed E-state index contributed by atoms with van der Waals surface area (Å²) in [5.74, 6) is -1.25. The number of halogens is 2. The summed E-state index contributed by atoms with van der Waals surface area (Å²) in [5.41, 5.74) is 1.11. The fraction of sp³-hybridized carbons (Fsp3) is 0.0526. The molecule has 0 aliphatic rings. The fourth-order valence-electron chi connectivity index (χ4n) is 2.67. The van der Waals surface area contributed by atoms with E-state index in [2.05, 4.69) is 4.98 Å². The first-order valence-electron chi connectivity index (χ1n) is 7.90. The maximum Gasteiger partial charge on any atom is 0.424 e. The van der Waals surface area contributed by atoms with Crippen LogP contribution < -0.4 is 15.4 Å². The van der Waals surface area contributed by atoms with Crippen molar-refractivity contribution in [1.29, 1.82) is 0 Å². The summed E-state index contributed by atoms with van der Waals surface area (Å²) < 4.78 is 34.9. The first-order chi connectivity index (χ1) is 12.6. The quantitative estimate of drug-likeness (QED) is 0.566. The Labute approximate surface area is 146 Å². The number of benzene rings is 2. The van der Waals surface area contributed by atoms with Gasteiger partial charge in [-0.05, 0) is 24.3 Å². The number of hydrogen-bond acceptors (Lipinski definition) is 2. The molecule has 2 aromatic heterocycles. The maximum atomic E-state index is 13.5. The molecule has 7 heteroatoms. The van der Waals surface area contributed by atoms with Crippen molar-refractivity contribution in [2.75, 3.05) is 0 Å². The highest BCUT2D eigenvalue weighted by atomic mass is 19.2. The minimum absolute atomic E-state index is 0.242. The van der Waals surface area contributed by atoms with Crippen molar-refractivity contribution in [2.45, 2.75) is 6.61 Å². The molecule has 0 unspecified atom stereocenters. The van der Waals surface area contributed by atoms with E-state index in [0.717, 1.165) is 17.9 Å². The standard InChI is InChI=1S/C19H13F2N3O2/c20-16-7-6-14(10-17(16)21)23-9-8-18-22-13(11-24(18)19(23)25)12-26-15-4-2-1-3-5-15/h1-11H,12H2/p+1. The maximum absolute atomic E-state index is 13.5. The van der Waals surface area contributed by atoms with Crippen LogP contribution in [0, 0.1) is 11.6 Å². The average Bonchev–Trinajstić information content (AvgIpc) is 3.08. The predicted molar refractivity (Wildman–Crippen MR) is 90.2 cm³/mol. The molecule has 0 atom stereocenters. The number of H-pyrrole nitrogens is 1. The predicted octanol–water partition coefficient (Wildman–Crippen LogP) is 2.76. The highest BCUT2D eigenvalue weighted by Gasteiger charge is 2.15. The van der Waals surface area contributed by atoms with Crippen molar-refractivity contribution in [3.63, 3.8) is 0 Å². The minimum atomic E-state index is -1.01. The summed E-state index contributed by atoms with van der Waals surface area (Å²) in [4.78, 5) is 15.8. The van der Waals surface area contributed by atoms with Gasteiger partial charge >= 0.3 is 5.69 Å². The van der Waals surface area contributed by atoms with Crippen molar-refractivity contribution in [1.82, 2.24) is 8.97 Å². The van der Waals surface area contributed by atoms with Crippen LogP contribution in [0.4, 0.5) is 8.78 Å². The van der Waals surface area contributed by atoms with Gasteiger partial charge < -0.3 is 4.74 Å². The summed E-state index contributed by atoms with van der Waals surface area (Å²) >= 11 is 0. The van der Waals surface area contributed by atoms with Crippen LogP contribution in [0.2, 0.25) is 0 Å². The molecule has 5 nitrogen and oxygen atoms in total. The van der Waals surface area contributed by atoms with E-state index in [1.807, 2.05) is 30.3 Å². The second-order valence-corrected chi connectivity index (χ2v) is 5.70. The Morgan fingerprint density at radius 3 is 2.58 bits per heavy atom. The lowest BCUT2D eigenvalue weighted by Gasteiger charge is -2.03. The van der Waals surface area contributed by atoms with Crippen LogP contribution in [0.1, 0.15) is 5.69 Å². The Bertz CT molecular complexity index is 1140. The van der Waals surface area contributed by atoms with Gasteiger partial charge in [0, 0.05) is 18.3 Å². The van der Waals surface area contributed by atoms with Crippen LogP contribution in [0.5, 0.6) is 5.75 Å². The molecular formula is C19H14F2N3O2+. The monoisotopic (exact) mass is 354 g/mol. The van der Waals surface area contributed by atoms with Gasteiger partial charge in [0.2, 0.25) is 0 Å². The molecule has 0 aliphatic heterocycles. The molecule has 0 aliphatic carbocycles. The molecule has 0 bridgehead atoms. The topological polar surface area (TPSA) is 49.8 Å². The number of rotatable bonds is 4. The second kappa shape index (κ2) is 6.44. The lowest BCUT2D eigenvalue weighted by molar-refractivity contribution is -0.360. The van der Waals surface area contributed by atoms with E-state index in [4.69, 9.17) is 4.74 Å². The summed E-state index contributed by atoms with van der Waals surface area (Å²) in [6.45, 7) is 0.260. The van der Waals surface area contributed by atoms with Gasteiger partial charge in [0.05, 0.1) is 5.69 Å². The van der Waals surface area contributed by atoms with Crippen LogP contribution in [0.25, 0.3) is 11.3 Å². The molecule has 0 radical (unpaired) electrons. The van der Waals surface area contributed by atoms with Gasteiger partial charge in [0.15, 0.2) is 23.9 Å². The smallest absolute Gasteiger partial charge is 0.424 e. The third kappa shape index (κ3) is 2.95. The molecule has 26 heavy (non-hydrogen) atoms. The van der Waals surface area contributed by atoms with Gasteiger partial charge in [-0.25, -0.2) is 23.1 Å². The highest BCUT2D eigenvalue weighted by molar-refractivity contribution is 5.37. The van der Waals surface area contributed by atoms with Crippen LogP contribution in [0.15, 0.2) is 71.8 Å². The lowest BCUT2D eigenvalue weighted by Crippen LogP contribution is -2.25. The summed E-state index contributed by atoms with van der Waals surface area (Å²) in [5, 5.41) is 0. The number of ether oxygens (including phenoxy) is 1. The summed E-state index contributed by atoms with van der Waals surface area (Å²) in [7, 11) is 0. The first-order valence-corrected chi connectivity index (χ1v) is 7.90. The average molecular weight is 354 g/mol. The minimum Gasteiger partial charge on any atom is -0.485 e. The van der Waals surface area contributed by atoms with Crippen LogP contribution in [0.3, 0.4) is 0 Å². The van der Waals surface area contributed by atoms with Gasteiger partial charge in [-0.2, -0.15) is 0 Å². The van der Waals surface area contributed by atoms with Gasteiger partial charge in [0.1, 0.15) is 11.9 Å². The zero-order valence-electron chi connectivity index (χ0n) is 13.5. The normalized spacial score (nSPS) is 11.0. The molecular weight excluding hydrogens is 340 g/mol. The van der Waals surface area contributed by atoms with Crippen molar-refractivity contribution >= 4 is 5.65 Å². The van der Waals surface area contributed by atoms with Crippen molar-refractivity contribution in [2.24, 2.45) is 0 Å². The van der Waals surface area contributed by atoms with Crippen molar-refractivity contribution in [3.8, 4) is 11.4 Å². The molecule has 0 saturated heterocycles. The molecule has 130 valence electrons. The van der Waals surface area contributed by atoms with Crippen LogP contribution in [-0.2, 0) is 6.61 Å². The third-order valence-electron chi connectivity index (χ3n) is 3.95. The number of hydrogen-bond donors (Lipinski definition) is 0. The first kappa shape index (κ1) is 16.0. The van der Waals surface area contributed by atoms with Crippen LogP contribution >= 0.6 is 0 Å². The fourth-order valence-corrected chi connectivity index (χ4v) is 2.67. The van der Waals surface area contributed by atoms with E-state index in [0.29, 0.717) is 11.3 Å². The largest absolute Gasteiger partial charge is 0.485 e. The molecule has 1 N–H and O–H groups in total. The molecule has 0 fully saturated rings. The number of aromatic amines is 1. The molecule has 2 heterocycles. The second-order valence-electron chi connectivity index (χ2n) is 5.70. The number of imidazole rings is 1. The van der Waals surface area contributed by atoms with Gasteiger partial charge in [0.25, 0.3) is 5.65 Å². The Balaban J connectivity index is 1.67. The summed E-state index contributed by atoms with van der Waals surface area (Å²) in [6, 6.07) is 14.3. The van der Waals surface area contributed by atoms with Gasteiger partial charge in [-0.3, -0.25) is 0 Å². The zero-order valence-corrected chi connectivity index (χ0v) is 13.5. The van der Waals surface area contributed by atoms with Gasteiger partial charge in [-0.1, -0.05) is 18.2 Å². The number of para-hydroxylation sites is 1. The molecule has 4 aromatic rings. The number of nitrogens with zero attached hydrogens (tertiary/aromatic N) is 2. The Morgan fingerprint density at radius 2 is 1.81 bits per heavy atom. The molecule has 0 saturated carbocycles. The summed E-state index contributed by atoms with van der Waals surface area (Å²) in [6.07, 6.45) is 3.12. The Morgan fingerprint density at radius 1 is 1.00 bits per heavy atom. The van der Waals surface area contributed by atoms with E-state index in [1.165, 1.54) is 21.2 Å². The van der Waals surface area contributed by atoms with Gasteiger partial charge in [-0.15, -0.1) is 4.40 Å². The number of nitrogens with one attached hydrogen (secondary N) is 1. The van der Waals surface area contributed by atoms with E-state index in [1.54, 1.807) is 12.3 Å². The van der Waals surface area contributed by atoms with Crippen molar-refractivity contribution < 1.29 is 18.5 Å². The number of fused-ring (bicyclic) bond motifs is 1. The molecule has 0 amide bonds. The van der Waals surface area contributed by atoms with E-state index < -0.39 is 17.3 Å². The van der Waals surface area contributed by atoms with Crippen LogP contribution in [-0.4, -0.2) is 8.97 Å². The zero-order chi connectivity index (χ0) is 18.1. The van der Waals surface area contributed by atoms with Crippen molar-refractivity contribution in [3.05, 3.63) is 94.8 Å². The SMILES string of the molecule is O=c1n(-c2ccc(F)c(F)c2)ccc2[nH+]c(COc3ccccc3)cn12. The Hall–Kier alpha value is -3.48. The molecule has 0 spiro atoms. The lowest BCUT2D eigenvalue weighted by atomic mass is 10.3. The van der Waals surface area contributed by atoms with E-state index >= 15 is 0 Å². The highest BCUT2D eigenvalue weighted by Crippen LogP contribution is 2.12. The third-order valence-corrected chi connectivity index (χ3v) is 3.95.